The number of likely N-dealkylation sites (tertiary alicyclic amines) is 1. The third-order valence-corrected chi connectivity index (χ3v) is 9.71. The van der Waals surface area contributed by atoms with Crippen molar-refractivity contribution in [3.05, 3.63) is 59.7 Å². The number of urea groups is 1. The molecule has 0 radical (unpaired) electrons. The van der Waals surface area contributed by atoms with Gasteiger partial charge in [0.05, 0.1) is 5.25 Å². The van der Waals surface area contributed by atoms with Crippen LogP contribution in [-0.4, -0.2) is 77.6 Å². The molecule has 0 aromatic heterocycles. The lowest BCUT2D eigenvalue weighted by Gasteiger charge is -2.40. The summed E-state index contributed by atoms with van der Waals surface area (Å²) in [7, 11) is 4.05. The van der Waals surface area contributed by atoms with E-state index in [4.69, 9.17) is 0 Å². The summed E-state index contributed by atoms with van der Waals surface area (Å²) in [5.41, 5.74) is 4.21. The fourth-order valence-corrected chi connectivity index (χ4v) is 7.43. The van der Waals surface area contributed by atoms with Crippen LogP contribution in [0.15, 0.2) is 48.5 Å². The van der Waals surface area contributed by atoms with Gasteiger partial charge in [0.1, 0.15) is 5.37 Å². The molecule has 5 rings (SSSR count). The number of hydrogen-bond donors (Lipinski definition) is 1. The normalized spacial score (nSPS) is 21.6. The Morgan fingerprint density at radius 2 is 1.75 bits per heavy atom. The van der Waals surface area contributed by atoms with E-state index < -0.39 is 0 Å². The number of amides is 4. The van der Waals surface area contributed by atoms with Crippen molar-refractivity contribution in [2.45, 2.75) is 62.7 Å². The highest BCUT2D eigenvalue weighted by Crippen LogP contribution is 2.47. The van der Waals surface area contributed by atoms with Crippen LogP contribution in [0.25, 0.3) is 0 Å². The summed E-state index contributed by atoms with van der Waals surface area (Å²) in [5, 5.41) is 2.51. The molecule has 0 aliphatic carbocycles. The van der Waals surface area contributed by atoms with Crippen LogP contribution in [0.5, 0.6) is 0 Å². The monoisotopic (exact) mass is 563 g/mol. The average Bonchev–Trinajstić information content (AvgIpc) is 3.25. The molecule has 2 atom stereocenters. The van der Waals surface area contributed by atoms with Crippen LogP contribution in [0.4, 0.5) is 16.2 Å². The van der Waals surface area contributed by atoms with E-state index in [0.717, 1.165) is 41.8 Å². The van der Waals surface area contributed by atoms with E-state index in [9.17, 15) is 14.4 Å². The summed E-state index contributed by atoms with van der Waals surface area (Å²) < 4.78 is 0. The lowest BCUT2D eigenvalue weighted by Crippen LogP contribution is -2.51. The molecule has 2 unspecified atom stereocenters. The molecular weight excluding hydrogens is 522 g/mol. The van der Waals surface area contributed by atoms with E-state index >= 15 is 0 Å². The zero-order valence-corrected chi connectivity index (χ0v) is 24.8. The number of hydrogen-bond acceptors (Lipinski definition) is 5. The number of nitrogens with one attached hydrogen (secondary N) is 1. The number of thioether (sulfide) groups is 1. The Balaban J connectivity index is 1.22. The first kappa shape index (κ1) is 28.3. The van der Waals surface area contributed by atoms with Crippen molar-refractivity contribution in [3.63, 3.8) is 0 Å². The van der Waals surface area contributed by atoms with Crippen LogP contribution in [0.2, 0.25) is 0 Å². The van der Waals surface area contributed by atoms with Crippen LogP contribution in [0, 0.1) is 5.92 Å². The molecule has 8 nitrogen and oxygen atoms in total. The first-order chi connectivity index (χ1) is 19.2. The van der Waals surface area contributed by atoms with Crippen LogP contribution in [-0.2, 0) is 16.1 Å². The van der Waals surface area contributed by atoms with Gasteiger partial charge in [0, 0.05) is 69.7 Å². The molecule has 9 heteroatoms. The van der Waals surface area contributed by atoms with Crippen molar-refractivity contribution in [1.82, 2.24) is 14.7 Å². The Bertz CT molecular complexity index is 1240. The Morgan fingerprint density at radius 3 is 2.48 bits per heavy atom. The minimum absolute atomic E-state index is 0.0306. The number of para-hydroxylation sites is 2. The number of fused-ring (bicyclic) bond motifs is 1. The topological polar surface area (TPSA) is 76.2 Å². The molecule has 3 aliphatic heterocycles. The second kappa shape index (κ2) is 12.1. The highest BCUT2D eigenvalue weighted by molar-refractivity contribution is 8.01. The molecule has 0 spiro atoms. The number of rotatable bonds is 8. The molecule has 2 fully saturated rings. The summed E-state index contributed by atoms with van der Waals surface area (Å²) in [6, 6.07) is 16.2. The van der Waals surface area contributed by atoms with Gasteiger partial charge in [-0.3, -0.25) is 9.59 Å². The second-order valence-electron chi connectivity index (χ2n) is 11.7. The molecule has 4 amide bonds. The van der Waals surface area contributed by atoms with E-state index in [-0.39, 0.29) is 40.9 Å². The van der Waals surface area contributed by atoms with E-state index in [2.05, 4.69) is 36.2 Å². The Hall–Kier alpha value is -3.20. The average molecular weight is 564 g/mol. The predicted octanol–water partition coefficient (Wildman–Crippen LogP) is 5.17. The number of anilines is 2. The molecular formula is C31H41N5O3S. The van der Waals surface area contributed by atoms with E-state index in [0.29, 0.717) is 32.1 Å². The van der Waals surface area contributed by atoms with Gasteiger partial charge in [0.25, 0.3) is 0 Å². The number of nitrogens with zero attached hydrogens (tertiary/aromatic N) is 4. The van der Waals surface area contributed by atoms with Gasteiger partial charge in [-0.25, -0.2) is 4.79 Å². The molecule has 0 saturated carbocycles. The molecule has 40 heavy (non-hydrogen) atoms. The summed E-state index contributed by atoms with van der Waals surface area (Å²) in [6.07, 6.45) is 2.62. The zero-order valence-electron chi connectivity index (χ0n) is 24.0. The Kier molecular flexibility index (Phi) is 8.59. The van der Waals surface area contributed by atoms with Gasteiger partial charge in [-0.05, 0) is 42.9 Å². The maximum Gasteiger partial charge on any atom is 0.322 e. The van der Waals surface area contributed by atoms with Gasteiger partial charge in [-0.1, -0.05) is 50.2 Å². The highest BCUT2D eigenvalue weighted by atomic mass is 32.2. The summed E-state index contributed by atoms with van der Waals surface area (Å²) >= 11 is 1.61. The smallest absolute Gasteiger partial charge is 0.322 e. The van der Waals surface area contributed by atoms with E-state index in [1.54, 1.807) is 11.8 Å². The molecule has 3 aliphatic rings. The standard InChI is InChI=1S/C31H41N5O3S/c1-21(2)13-18-35-29(38)27(40-30(35)24-10-6-8-12-26(24)33(3)4)19-28(37)34-16-14-23(15-17-34)36-20-22-9-5-7-11-25(22)32-31(36)39/h5-12,21,23,27,30H,13-20H2,1-4H3,(H,32,39). The van der Waals surface area contributed by atoms with Gasteiger partial charge in [0.15, 0.2) is 0 Å². The SMILES string of the molecule is CC(C)CCN1C(=O)C(CC(=O)N2CCC(N3Cc4ccccc4NC3=O)CC2)SC1c1ccccc1N(C)C. The van der Waals surface area contributed by atoms with Crippen LogP contribution in [0.1, 0.15) is 56.0 Å². The molecule has 214 valence electrons. The lowest BCUT2D eigenvalue weighted by molar-refractivity contribution is -0.137. The maximum atomic E-state index is 13.7. The Morgan fingerprint density at radius 1 is 1.05 bits per heavy atom. The minimum Gasteiger partial charge on any atom is -0.377 e. The fraction of sp³-hybridized carbons (Fsp3) is 0.516. The molecule has 2 aromatic rings. The van der Waals surface area contributed by atoms with Crippen molar-refractivity contribution < 1.29 is 14.4 Å². The fourth-order valence-electron chi connectivity index (χ4n) is 5.92. The maximum absolute atomic E-state index is 13.7. The van der Waals surface area contributed by atoms with Gasteiger partial charge in [0.2, 0.25) is 11.8 Å². The van der Waals surface area contributed by atoms with Crippen LogP contribution in [0.3, 0.4) is 0 Å². The number of carbonyl (C=O) groups excluding carboxylic acids is 3. The van der Waals surface area contributed by atoms with Crippen LogP contribution >= 0.6 is 11.8 Å². The predicted molar refractivity (Wildman–Crippen MR) is 161 cm³/mol. The third kappa shape index (κ3) is 5.94. The highest BCUT2D eigenvalue weighted by Gasteiger charge is 2.43. The summed E-state index contributed by atoms with van der Waals surface area (Å²) in [4.78, 5) is 47.7. The lowest BCUT2D eigenvalue weighted by atomic mass is 10.0. The van der Waals surface area contributed by atoms with E-state index in [1.165, 1.54) is 0 Å². The molecule has 2 aromatic carbocycles. The third-order valence-electron chi connectivity index (χ3n) is 8.25. The largest absolute Gasteiger partial charge is 0.377 e. The summed E-state index contributed by atoms with van der Waals surface area (Å²) in [5.74, 6) is 0.583. The molecule has 1 N–H and O–H groups in total. The van der Waals surface area contributed by atoms with Crippen molar-refractivity contribution >= 4 is 41.0 Å². The zero-order chi connectivity index (χ0) is 28.4. The quantitative estimate of drug-likeness (QED) is 0.480. The second-order valence-corrected chi connectivity index (χ2v) is 13.0. The van der Waals surface area contributed by atoms with Crippen molar-refractivity contribution in [1.29, 1.82) is 0 Å². The van der Waals surface area contributed by atoms with Gasteiger partial charge < -0.3 is 24.9 Å². The first-order valence-corrected chi connectivity index (χ1v) is 15.3. The van der Waals surface area contributed by atoms with Crippen molar-refractivity contribution in [2.75, 3.05) is 43.9 Å². The summed E-state index contributed by atoms with van der Waals surface area (Å²) in [6.45, 7) is 6.83. The molecule has 3 heterocycles. The number of benzene rings is 2. The van der Waals surface area contributed by atoms with Crippen molar-refractivity contribution in [3.8, 4) is 0 Å². The van der Waals surface area contributed by atoms with Gasteiger partial charge >= 0.3 is 6.03 Å². The van der Waals surface area contributed by atoms with E-state index in [1.807, 2.05) is 65.2 Å². The van der Waals surface area contributed by atoms with Crippen LogP contribution < -0.4 is 10.2 Å². The van der Waals surface area contributed by atoms with Gasteiger partial charge in [-0.15, -0.1) is 11.8 Å². The molecule has 2 saturated heterocycles. The molecule has 0 bridgehead atoms. The van der Waals surface area contributed by atoms with Gasteiger partial charge in [-0.2, -0.15) is 0 Å². The minimum atomic E-state index is -0.387. The van der Waals surface area contributed by atoms with Crippen molar-refractivity contribution in [2.24, 2.45) is 5.92 Å². The number of piperidine rings is 1. The Labute approximate surface area is 242 Å². The number of carbonyl (C=O) groups is 3. The first-order valence-electron chi connectivity index (χ1n) is 14.4.